The summed E-state index contributed by atoms with van der Waals surface area (Å²) < 4.78 is 5.64. The van der Waals surface area contributed by atoms with Gasteiger partial charge in [0.25, 0.3) is 0 Å². The van der Waals surface area contributed by atoms with Gasteiger partial charge in [-0.1, -0.05) is 36.4 Å². The van der Waals surface area contributed by atoms with E-state index in [4.69, 9.17) is 4.74 Å². The molecule has 1 aliphatic rings. The van der Waals surface area contributed by atoms with Gasteiger partial charge in [-0.2, -0.15) is 0 Å². The summed E-state index contributed by atoms with van der Waals surface area (Å²) in [5.41, 5.74) is 3.91. The van der Waals surface area contributed by atoms with Gasteiger partial charge in [-0.15, -0.1) is 0 Å². The number of anilines is 2. The summed E-state index contributed by atoms with van der Waals surface area (Å²) in [4.78, 5) is 2.34. The van der Waals surface area contributed by atoms with Crippen molar-refractivity contribution in [3.05, 3.63) is 60.2 Å². The van der Waals surface area contributed by atoms with E-state index in [-0.39, 0.29) is 0 Å². The molecule has 1 heterocycles. The van der Waals surface area contributed by atoms with E-state index >= 15 is 0 Å². The molecule has 0 amide bonds. The molecule has 0 atom stereocenters. The highest BCUT2D eigenvalue weighted by Gasteiger charge is 2.14. The topological polar surface area (TPSA) is 12.5 Å². The van der Waals surface area contributed by atoms with Crippen molar-refractivity contribution in [2.45, 2.75) is 6.42 Å². The summed E-state index contributed by atoms with van der Waals surface area (Å²) in [7, 11) is 0. The molecule has 0 fully saturated rings. The molecular formula is C16H17NO. The van der Waals surface area contributed by atoms with Crippen LogP contribution in [0.4, 0.5) is 11.4 Å². The van der Waals surface area contributed by atoms with Crippen LogP contribution in [-0.4, -0.2) is 19.8 Å². The zero-order valence-corrected chi connectivity index (χ0v) is 10.4. The fourth-order valence-corrected chi connectivity index (χ4v) is 2.42. The third-order valence-electron chi connectivity index (χ3n) is 3.33. The minimum atomic E-state index is 0.781. The van der Waals surface area contributed by atoms with E-state index in [0.29, 0.717) is 0 Å². The van der Waals surface area contributed by atoms with Gasteiger partial charge in [-0.05, 0) is 30.2 Å². The molecule has 0 unspecified atom stereocenters. The van der Waals surface area contributed by atoms with Gasteiger partial charge in [0.05, 0.1) is 13.2 Å². The Morgan fingerprint density at radius 3 is 2.50 bits per heavy atom. The molecule has 0 aromatic heterocycles. The second kappa shape index (κ2) is 5.23. The Morgan fingerprint density at radius 2 is 1.61 bits per heavy atom. The first-order chi connectivity index (χ1) is 8.95. The number of nitrogens with zero attached hydrogens (tertiary/aromatic N) is 1. The molecule has 0 radical (unpaired) electrons. The lowest BCUT2D eigenvalue weighted by atomic mass is 10.1. The van der Waals surface area contributed by atoms with Crippen molar-refractivity contribution < 1.29 is 4.74 Å². The molecule has 1 aliphatic heterocycles. The monoisotopic (exact) mass is 239 g/mol. The second-order valence-corrected chi connectivity index (χ2v) is 4.48. The molecule has 0 saturated carbocycles. The molecule has 2 aromatic rings. The number of ether oxygens (including phenoxy) is 1. The molecular weight excluding hydrogens is 222 g/mol. The van der Waals surface area contributed by atoms with Crippen LogP contribution in [0.5, 0.6) is 0 Å². The fourth-order valence-electron chi connectivity index (χ4n) is 2.42. The van der Waals surface area contributed by atoms with Crippen LogP contribution in [0, 0.1) is 0 Å². The van der Waals surface area contributed by atoms with Gasteiger partial charge in [-0.3, -0.25) is 0 Å². The Hall–Kier alpha value is -1.80. The number of rotatable bonds is 1. The Bertz CT molecular complexity index is 510. The van der Waals surface area contributed by atoms with E-state index in [1.165, 1.54) is 16.9 Å². The van der Waals surface area contributed by atoms with Gasteiger partial charge in [0.1, 0.15) is 0 Å². The van der Waals surface area contributed by atoms with Crippen molar-refractivity contribution in [1.29, 1.82) is 0 Å². The molecule has 18 heavy (non-hydrogen) atoms. The highest BCUT2D eigenvalue weighted by molar-refractivity contribution is 5.66. The summed E-state index contributed by atoms with van der Waals surface area (Å²) in [5, 5.41) is 0. The molecule has 0 spiro atoms. The van der Waals surface area contributed by atoms with Crippen LogP contribution in [-0.2, 0) is 11.2 Å². The summed E-state index contributed by atoms with van der Waals surface area (Å²) in [6.45, 7) is 2.50. The molecule has 0 aliphatic carbocycles. The average molecular weight is 239 g/mol. The Balaban J connectivity index is 2.04. The smallest absolute Gasteiger partial charge is 0.0646 e. The minimum absolute atomic E-state index is 0.781. The van der Waals surface area contributed by atoms with Crippen LogP contribution in [0.1, 0.15) is 5.56 Å². The van der Waals surface area contributed by atoms with Crippen molar-refractivity contribution in [3.63, 3.8) is 0 Å². The van der Waals surface area contributed by atoms with Crippen molar-refractivity contribution in [3.8, 4) is 0 Å². The van der Waals surface area contributed by atoms with Gasteiger partial charge in [-0.25, -0.2) is 0 Å². The average Bonchev–Trinajstić information content (AvgIpc) is 2.41. The number of fused-ring (bicyclic) bond motifs is 1. The molecule has 3 rings (SSSR count). The first-order valence-corrected chi connectivity index (χ1v) is 6.43. The highest BCUT2D eigenvalue weighted by atomic mass is 16.5. The maximum Gasteiger partial charge on any atom is 0.0646 e. The normalized spacial score (nSPS) is 15.7. The SMILES string of the molecule is c1ccc(N2CCOCCc3ccccc32)cc1. The first kappa shape index (κ1) is 11.3. The predicted octanol–water partition coefficient (Wildman–Crippen LogP) is 3.40. The van der Waals surface area contributed by atoms with Crippen molar-refractivity contribution in [1.82, 2.24) is 0 Å². The van der Waals surface area contributed by atoms with Crippen molar-refractivity contribution >= 4 is 11.4 Å². The minimum Gasteiger partial charge on any atom is -0.379 e. The maximum atomic E-state index is 5.64. The van der Waals surface area contributed by atoms with Crippen LogP contribution < -0.4 is 4.90 Å². The third kappa shape index (κ3) is 2.24. The number of hydrogen-bond donors (Lipinski definition) is 0. The zero-order valence-electron chi connectivity index (χ0n) is 10.4. The van der Waals surface area contributed by atoms with Crippen LogP contribution >= 0.6 is 0 Å². The summed E-state index contributed by atoms with van der Waals surface area (Å²) >= 11 is 0. The third-order valence-corrected chi connectivity index (χ3v) is 3.33. The molecule has 92 valence electrons. The summed E-state index contributed by atoms with van der Waals surface area (Å²) in [5.74, 6) is 0. The number of para-hydroxylation sites is 2. The van der Waals surface area contributed by atoms with Crippen molar-refractivity contribution in [2.24, 2.45) is 0 Å². The second-order valence-electron chi connectivity index (χ2n) is 4.48. The standard InChI is InChI=1S/C16H17NO/c1-2-7-15(8-3-1)17-11-13-18-12-10-14-6-4-5-9-16(14)17/h1-9H,10-13H2. The summed E-state index contributed by atoms with van der Waals surface area (Å²) in [6, 6.07) is 19.1. The lowest BCUT2D eigenvalue weighted by Crippen LogP contribution is -2.26. The van der Waals surface area contributed by atoms with Crippen molar-refractivity contribution in [2.75, 3.05) is 24.7 Å². The molecule has 0 saturated heterocycles. The molecule has 0 N–H and O–H groups in total. The fraction of sp³-hybridized carbons (Fsp3) is 0.250. The van der Waals surface area contributed by atoms with Gasteiger partial charge in [0, 0.05) is 17.9 Å². The quantitative estimate of drug-likeness (QED) is 0.756. The Kier molecular flexibility index (Phi) is 3.29. The number of benzene rings is 2. The molecule has 2 aromatic carbocycles. The van der Waals surface area contributed by atoms with Crippen LogP contribution in [0.3, 0.4) is 0 Å². The van der Waals surface area contributed by atoms with E-state index in [1.54, 1.807) is 0 Å². The lowest BCUT2D eigenvalue weighted by Gasteiger charge is -2.29. The van der Waals surface area contributed by atoms with Crippen LogP contribution in [0.2, 0.25) is 0 Å². The van der Waals surface area contributed by atoms with Gasteiger partial charge in [0.2, 0.25) is 0 Å². The van der Waals surface area contributed by atoms with E-state index in [1.807, 2.05) is 0 Å². The molecule has 2 nitrogen and oxygen atoms in total. The first-order valence-electron chi connectivity index (χ1n) is 6.43. The van der Waals surface area contributed by atoms with E-state index in [9.17, 15) is 0 Å². The van der Waals surface area contributed by atoms with Gasteiger partial charge >= 0.3 is 0 Å². The van der Waals surface area contributed by atoms with E-state index in [2.05, 4.69) is 59.5 Å². The number of hydrogen-bond acceptors (Lipinski definition) is 2. The largest absolute Gasteiger partial charge is 0.379 e. The molecule has 0 bridgehead atoms. The predicted molar refractivity (Wildman–Crippen MR) is 74.4 cm³/mol. The molecule has 2 heteroatoms. The van der Waals surface area contributed by atoms with Gasteiger partial charge < -0.3 is 9.64 Å². The van der Waals surface area contributed by atoms with Crippen LogP contribution in [0.15, 0.2) is 54.6 Å². The summed E-state index contributed by atoms with van der Waals surface area (Å²) in [6.07, 6.45) is 0.986. The zero-order chi connectivity index (χ0) is 12.2. The highest BCUT2D eigenvalue weighted by Crippen LogP contribution is 2.29. The van der Waals surface area contributed by atoms with E-state index in [0.717, 1.165) is 26.2 Å². The maximum absolute atomic E-state index is 5.64. The van der Waals surface area contributed by atoms with Gasteiger partial charge in [0.15, 0.2) is 0 Å². The Labute approximate surface area is 108 Å². The lowest BCUT2D eigenvalue weighted by molar-refractivity contribution is 0.142. The van der Waals surface area contributed by atoms with Crippen LogP contribution in [0.25, 0.3) is 0 Å². The Morgan fingerprint density at radius 1 is 0.833 bits per heavy atom. The van der Waals surface area contributed by atoms with E-state index < -0.39 is 0 Å².